The van der Waals surface area contributed by atoms with Gasteiger partial charge in [0.15, 0.2) is 0 Å². The Morgan fingerprint density at radius 1 is 1.00 bits per heavy atom. The molecule has 0 aliphatic heterocycles. The monoisotopic (exact) mass is 400 g/mol. The largest absolute Gasteiger partial charge is 0.465 e. The number of carbonyl (C=O) groups is 2. The SMILES string of the molecule is COC(=O)c1ccccc1S(=O)(=O)NC(=O)Nc1nc(C)c2ccccc2n1. The summed E-state index contributed by atoms with van der Waals surface area (Å²) in [6, 6.07) is 11.5. The number of nitrogens with one attached hydrogen (secondary N) is 2. The second-order valence-corrected chi connectivity index (χ2v) is 7.35. The Morgan fingerprint density at radius 3 is 2.43 bits per heavy atom. The number of hydrogen-bond donors (Lipinski definition) is 2. The minimum absolute atomic E-state index is 0.0508. The highest BCUT2D eigenvalue weighted by molar-refractivity contribution is 7.90. The minimum Gasteiger partial charge on any atom is -0.465 e. The molecule has 3 rings (SSSR count). The maximum Gasteiger partial charge on any atom is 0.339 e. The highest BCUT2D eigenvalue weighted by atomic mass is 32.2. The van der Waals surface area contributed by atoms with Gasteiger partial charge in [-0.1, -0.05) is 30.3 Å². The normalized spacial score (nSPS) is 11.1. The van der Waals surface area contributed by atoms with E-state index in [1.165, 1.54) is 24.3 Å². The third kappa shape index (κ3) is 3.91. The van der Waals surface area contributed by atoms with E-state index in [1.54, 1.807) is 19.1 Å². The van der Waals surface area contributed by atoms with Crippen molar-refractivity contribution in [2.24, 2.45) is 0 Å². The Hall–Kier alpha value is -3.53. The van der Waals surface area contributed by atoms with Gasteiger partial charge in [-0.05, 0) is 25.1 Å². The molecule has 0 aliphatic rings. The molecule has 28 heavy (non-hydrogen) atoms. The van der Waals surface area contributed by atoms with E-state index >= 15 is 0 Å². The average molecular weight is 400 g/mol. The van der Waals surface area contributed by atoms with Crippen LogP contribution in [0.15, 0.2) is 53.4 Å². The standard InChI is InChI=1S/C18H16N4O5S/c1-11-12-7-3-5-9-14(12)20-17(19-11)21-18(24)22-28(25,26)15-10-6-4-8-13(15)16(23)27-2/h3-10H,1-2H3,(H2,19,20,21,22,24). The Bertz CT molecular complexity index is 1180. The molecule has 0 spiro atoms. The highest BCUT2D eigenvalue weighted by Gasteiger charge is 2.25. The van der Waals surface area contributed by atoms with Gasteiger partial charge in [0.2, 0.25) is 5.95 Å². The fourth-order valence-electron chi connectivity index (χ4n) is 2.57. The number of esters is 1. The van der Waals surface area contributed by atoms with Crippen LogP contribution >= 0.6 is 0 Å². The molecule has 10 heteroatoms. The zero-order valence-corrected chi connectivity index (χ0v) is 15.8. The Labute approximate surface area is 160 Å². The first-order valence-electron chi connectivity index (χ1n) is 8.06. The van der Waals surface area contributed by atoms with Crippen LogP contribution in [0.4, 0.5) is 10.7 Å². The zero-order chi connectivity index (χ0) is 20.3. The fraction of sp³-hybridized carbons (Fsp3) is 0.111. The number of carbonyl (C=O) groups excluding carboxylic acids is 2. The van der Waals surface area contributed by atoms with Crippen LogP contribution in [0, 0.1) is 6.92 Å². The molecule has 2 N–H and O–H groups in total. The van der Waals surface area contributed by atoms with Gasteiger partial charge in [0.05, 0.1) is 23.9 Å². The van der Waals surface area contributed by atoms with Crippen LogP contribution in [0.5, 0.6) is 0 Å². The topological polar surface area (TPSA) is 127 Å². The van der Waals surface area contributed by atoms with Crippen LogP contribution in [0.1, 0.15) is 16.1 Å². The summed E-state index contributed by atoms with van der Waals surface area (Å²) in [7, 11) is -3.21. The van der Waals surface area contributed by atoms with Gasteiger partial charge in [-0.2, -0.15) is 0 Å². The van der Waals surface area contributed by atoms with Crippen molar-refractivity contribution >= 4 is 38.9 Å². The van der Waals surface area contributed by atoms with Crippen LogP contribution in [0.2, 0.25) is 0 Å². The number of nitrogens with zero attached hydrogens (tertiary/aromatic N) is 2. The highest BCUT2D eigenvalue weighted by Crippen LogP contribution is 2.18. The van der Waals surface area contributed by atoms with E-state index in [-0.39, 0.29) is 16.4 Å². The molecule has 9 nitrogen and oxygen atoms in total. The van der Waals surface area contributed by atoms with Crippen LogP contribution in [0.3, 0.4) is 0 Å². The van der Waals surface area contributed by atoms with Gasteiger partial charge in [-0.3, -0.25) is 5.32 Å². The lowest BCUT2D eigenvalue weighted by Crippen LogP contribution is -2.35. The maximum atomic E-state index is 12.5. The zero-order valence-electron chi connectivity index (χ0n) is 15.0. The first-order valence-corrected chi connectivity index (χ1v) is 9.54. The summed E-state index contributed by atoms with van der Waals surface area (Å²) >= 11 is 0. The Kier molecular flexibility index (Phi) is 5.23. The molecule has 0 saturated heterocycles. The van der Waals surface area contributed by atoms with Crippen molar-refractivity contribution in [2.45, 2.75) is 11.8 Å². The Morgan fingerprint density at radius 2 is 1.68 bits per heavy atom. The quantitative estimate of drug-likeness (QED) is 0.643. The molecule has 1 heterocycles. The number of ether oxygens (including phenoxy) is 1. The van der Waals surface area contributed by atoms with Gasteiger partial charge >= 0.3 is 12.0 Å². The van der Waals surface area contributed by atoms with Crippen LogP contribution in [0.25, 0.3) is 10.9 Å². The predicted octanol–water partition coefficient (Wildman–Crippen LogP) is 2.24. The van der Waals surface area contributed by atoms with E-state index in [0.717, 1.165) is 12.5 Å². The lowest BCUT2D eigenvalue weighted by Gasteiger charge is -2.11. The molecule has 1 aromatic heterocycles. The van der Waals surface area contributed by atoms with Crippen molar-refractivity contribution in [1.29, 1.82) is 0 Å². The first-order chi connectivity index (χ1) is 13.3. The van der Waals surface area contributed by atoms with Crippen molar-refractivity contribution in [3.8, 4) is 0 Å². The van der Waals surface area contributed by atoms with Gasteiger partial charge in [-0.25, -0.2) is 32.7 Å². The number of rotatable bonds is 4. The third-order valence-electron chi connectivity index (χ3n) is 3.83. The molecule has 2 amide bonds. The number of urea groups is 1. The third-order valence-corrected chi connectivity index (χ3v) is 5.22. The number of fused-ring (bicyclic) bond motifs is 1. The number of benzene rings is 2. The summed E-state index contributed by atoms with van der Waals surface area (Å²) in [4.78, 5) is 31.9. The van der Waals surface area contributed by atoms with Crippen molar-refractivity contribution < 1.29 is 22.7 Å². The van der Waals surface area contributed by atoms with E-state index in [0.29, 0.717) is 11.2 Å². The summed E-state index contributed by atoms with van der Waals surface area (Å²) in [5.41, 5.74) is 1.03. The number of anilines is 1. The van der Waals surface area contributed by atoms with Crippen molar-refractivity contribution in [3.05, 3.63) is 59.8 Å². The van der Waals surface area contributed by atoms with Gasteiger partial charge in [0.25, 0.3) is 10.0 Å². The summed E-state index contributed by atoms with van der Waals surface area (Å²) in [6.07, 6.45) is 0. The minimum atomic E-state index is -4.34. The number of aryl methyl sites for hydroxylation is 1. The summed E-state index contributed by atoms with van der Waals surface area (Å²) < 4.78 is 31.5. The summed E-state index contributed by atoms with van der Waals surface area (Å²) in [6.45, 7) is 1.75. The van der Waals surface area contributed by atoms with E-state index in [2.05, 4.69) is 20.0 Å². The molecule has 0 aliphatic carbocycles. The Balaban J connectivity index is 1.84. The lowest BCUT2D eigenvalue weighted by atomic mass is 10.2. The predicted molar refractivity (Wildman–Crippen MR) is 101 cm³/mol. The smallest absolute Gasteiger partial charge is 0.339 e. The van der Waals surface area contributed by atoms with Crippen molar-refractivity contribution in [3.63, 3.8) is 0 Å². The van der Waals surface area contributed by atoms with Crippen molar-refractivity contribution in [1.82, 2.24) is 14.7 Å². The fourth-order valence-corrected chi connectivity index (χ4v) is 3.68. The molecule has 144 valence electrons. The van der Waals surface area contributed by atoms with Crippen LogP contribution < -0.4 is 10.0 Å². The van der Waals surface area contributed by atoms with Gasteiger partial charge in [0, 0.05) is 5.39 Å². The molecule has 0 saturated carbocycles. The number of sulfonamides is 1. The van der Waals surface area contributed by atoms with Gasteiger partial charge in [-0.15, -0.1) is 0 Å². The number of methoxy groups -OCH3 is 1. The summed E-state index contributed by atoms with van der Waals surface area (Å²) in [5.74, 6) is -0.889. The van der Waals surface area contributed by atoms with Gasteiger partial charge < -0.3 is 4.74 Å². The number of amides is 2. The molecule has 0 atom stereocenters. The number of aromatic nitrogens is 2. The molecule has 0 radical (unpaired) electrons. The molecular formula is C18H16N4O5S. The molecule has 3 aromatic rings. The second-order valence-electron chi connectivity index (χ2n) is 5.70. The van der Waals surface area contributed by atoms with Crippen LogP contribution in [-0.2, 0) is 14.8 Å². The molecule has 0 bridgehead atoms. The van der Waals surface area contributed by atoms with E-state index in [1.807, 2.05) is 16.9 Å². The lowest BCUT2D eigenvalue weighted by molar-refractivity contribution is 0.0596. The van der Waals surface area contributed by atoms with Gasteiger partial charge in [0.1, 0.15) is 4.90 Å². The van der Waals surface area contributed by atoms with Crippen LogP contribution in [-0.4, -0.2) is 37.5 Å². The average Bonchev–Trinajstić information content (AvgIpc) is 2.67. The molecule has 0 fully saturated rings. The molecule has 0 unspecified atom stereocenters. The molecule has 2 aromatic carbocycles. The van der Waals surface area contributed by atoms with E-state index < -0.39 is 22.0 Å². The summed E-state index contributed by atoms with van der Waals surface area (Å²) in [5, 5.41) is 3.11. The maximum absolute atomic E-state index is 12.5. The second kappa shape index (κ2) is 7.61. The molecular weight excluding hydrogens is 384 g/mol. The first kappa shape index (κ1) is 19.2. The number of para-hydroxylation sites is 1. The van der Waals surface area contributed by atoms with Crippen molar-refractivity contribution in [2.75, 3.05) is 12.4 Å². The van der Waals surface area contributed by atoms with E-state index in [9.17, 15) is 18.0 Å². The number of hydrogen-bond acceptors (Lipinski definition) is 7. The van der Waals surface area contributed by atoms with E-state index in [4.69, 9.17) is 0 Å².